The molecule has 2 aliphatic rings. The van der Waals surface area contributed by atoms with E-state index in [4.69, 9.17) is 5.73 Å². The Hall–Kier alpha value is -3.42. The summed E-state index contributed by atoms with van der Waals surface area (Å²) in [5.41, 5.74) is 8.34. The maximum Gasteiger partial charge on any atom is 0.325 e. The Bertz CT molecular complexity index is 1110. The average Bonchev–Trinajstić information content (AvgIpc) is 2.88. The fourth-order valence-electron chi connectivity index (χ4n) is 5.71. The van der Waals surface area contributed by atoms with Gasteiger partial charge in [-0.15, -0.1) is 0 Å². The number of nitrogens with one attached hydrogen (secondary N) is 1. The van der Waals surface area contributed by atoms with Crippen molar-refractivity contribution in [2.24, 2.45) is 11.8 Å². The molecule has 1 aromatic carbocycles. The monoisotopic (exact) mass is 491 g/mol. The molecule has 3 atom stereocenters. The van der Waals surface area contributed by atoms with Gasteiger partial charge >= 0.3 is 6.03 Å². The van der Waals surface area contributed by atoms with Crippen LogP contribution in [0.3, 0.4) is 0 Å². The minimum absolute atomic E-state index is 0.00510. The van der Waals surface area contributed by atoms with Gasteiger partial charge in [0, 0.05) is 25.0 Å². The fourth-order valence-corrected chi connectivity index (χ4v) is 5.71. The molecule has 4 rings (SSSR count). The first-order valence-electron chi connectivity index (χ1n) is 13.0. The molecule has 2 heterocycles. The first-order valence-corrected chi connectivity index (χ1v) is 13.0. The lowest BCUT2D eigenvalue weighted by Crippen LogP contribution is -2.71. The number of nitrogen functional groups attached to an aromatic ring is 1. The number of urea groups is 1. The van der Waals surface area contributed by atoms with E-state index in [0.29, 0.717) is 18.2 Å². The number of nitrogens with zero attached hydrogens (tertiary/aromatic N) is 3. The van der Waals surface area contributed by atoms with Crippen LogP contribution in [-0.4, -0.2) is 46.9 Å². The topological polar surface area (TPSA) is 109 Å². The molecule has 1 aliphatic heterocycles. The number of imide groups is 1. The molecule has 0 spiro atoms. The summed E-state index contributed by atoms with van der Waals surface area (Å²) in [5, 5.41) is 3.10. The van der Waals surface area contributed by atoms with E-state index in [2.05, 4.69) is 17.2 Å². The lowest BCUT2D eigenvalue weighted by molar-refractivity contribution is -0.156. The molecule has 2 fully saturated rings. The van der Waals surface area contributed by atoms with Crippen LogP contribution < -0.4 is 16.0 Å². The van der Waals surface area contributed by atoms with Gasteiger partial charge in [0.2, 0.25) is 5.91 Å². The van der Waals surface area contributed by atoms with Gasteiger partial charge in [-0.05, 0) is 67.9 Å². The van der Waals surface area contributed by atoms with Crippen LogP contribution in [0.15, 0.2) is 42.6 Å². The number of aryl methyl sites for hydroxylation is 1. The molecule has 1 aliphatic carbocycles. The molecular weight excluding hydrogens is 454 g/mol. The van der Waals surface area contributed by atoms with Crippen molar-refractivity contribution in [2.45, 2.75) is 70.9 Å². The highest BCUT2D eigenvalue weighted by atomic mass is 16.2. The van der Waals surface area contributed by atoms with Gasteiger partial charge < -0.3 is 16.0 Å². The van der Waals surface area contributed by atoms with E-state index in [1.54, 1.807) is 30.3 Å². The molecule has 3 N–H and O–H groups in total. The third kappa shape index (κ3) is 5.22. The second-order valence-electron chi connectivity index (χ2n) is 10.1. The molecule has 8 nitrogen and oxygen atoms in total. The summed E-state index contributed by atoms with van der Waals surface area (Å²) in [6, 6.07) is 9.71. The van der Waals surface area contributed by atoms with Crippen molar-refractivity contribution >= 4 is 29.4 Å². The van der Waals surface area contributed by atoms with Gasteiger partial charge in [-0.25, -0.2) is 9.78 Å². The Labute approximate surface area is 213 Å². The number of carbonyl (C=O) groups excluding carboxylic acids is 3. The third-order valence-corrected chi connectivity index (χ3v) is 7.76. The maximum atomic E-state index is 13.8. The molecular formula is C28H37N5O3. The molecule has 8 heteroatoms. The highest BCUT2D eigenvalue weighted by Gasteiger charge is 2.55. The number of nitrogens with two attached hydrogens (primary N) is 1. The van der Waals surface area contributed by atoms with Crippen molar-refractivity contribution < 1.29 is 14.4 Å². The zero-order chi connectivity index (χ0) is 25.8. The number of anilines is 2. The second kappa shape index (κ2) is 11.1. The SMILES string of the molecule is CCC(NC(=O)N1C(=O)[C@H](Cc2ccnc(N)c2)C1C(=O)N(C)c1ccccc1C)C1CCCCC1. The molecule has 4 amide bonds. The number of para-hydroxylation sites is 1. The zero-order valence-electron chi connectivity index (χ0n) is 21.4. The Morgan fingerprint density at radius 2 is 1.92 bits per heavy atom. The van der Waals surface area contributed by atoms with Gasteiger partial charge in [-0.3, -0.25) is 14.5 Å². The van der Waals surface area contributed by atoms with E-state index in [0.717, 1.165) is 41.0 Å². The number of hydrogen-bond acceptors (Lipinski definition) is 5. The number of likely N-dealkylation sites (N-methyl/N-ethyl adjacent to an activating group) is 1. The minimum Gasteiger partial charge on any atom is -0.384 e. The van der Waals surface area contributed by atoms with Gasteiger partial charge in [-0.2, -0.15) is 0 Å². The predicted octanol–water partition coefficient (Wildman–Crippen LogP) is 4.07. The molecule has 192 valence electrons. The summed E-state index contributed by atoms with van der Waals surface area (Å²) in [5.74, 6) is -0.503. The first-order chi connectivity index (χ1) is 17.3. The average molecular weight is 492 g/mol. The van der Waals surface area contributed by atoms with Crippen molar-refractivity contribution in [3.63, 3.8) is 0 Å². The number of benzene rings is 1. The Morgan fingerprint density at radius 3 is 2.58 bits per heavy atom. The third-order valence-electron chi connectivity index (χ3n) is 7.76. The molecule has 1 aromatic heterocycles. The fraction of sp³-hybridized carbons (Fsp3) is 0.500. The van der Waals surface area contributed by atoms with Crippen LogP contribution in [0.4, 0.5) is 16.3 Å². The largest absolute Gasteiger partial charge is 0.384 e. The Kier molecular flexibility index (Phi) is 7.91. The molecule has 2 unspecified atom stereocenters. The van der Waals surface area contributed by atoms with Gasteiger partial charge in [0.25, 0.3) is 5.91 Å². The van der Waals surface area contributed by atoms with Crippen LogP contribution in [0.2, 0.25) is 0 Å². The van der Waals surface area contributed by atoms with Gasteiger partial charge in [0.1, 0.15) is 11.9 Å². The summed E-state index contributed by atoms with van der Waals surface area (Å²) in [4.78, 5) is 47.2. The molecule has 1 saturated carbocycles. The first kappa shape index (κ1) is 25.7. The predicted molar refractivity (Wildman–Crippen MR) is 140 cm³/mol. The Morgan fingerprint density at radius 1 is 1.19 bits per heavy atom. The quantitative estimate of drug-likeness (QED) is 0.568. The summed E-state index contributed by atoms with van der Waals surface area (Å²) in [6.07, 6.45) is 8.42. The molecule has 0 radical (unpaired) electrons. The molecule has 2 aromatic rings. The summed E-state index contributed by atoms with van der Waals surface area (Å²) in [7, 11) is 1.70. The minimum atomic E-state index is -0.889. The molecule has 0 bridgehead atoms. The number of likely N-dealkylation sites (tertiary alicyclic amines) is 1. The van der Waals surface area contributed by atoms with Crippen LogP contribution in [0.25, 0.3) is 0 Å². The number of rotatable bonds is 7. The second-order valence-corrected chi connectivity index (χ2v) is 10.1. The summed E-state index contributed by atoms with van der Waals surface area (Å²) < 4.78 is 0. The summed E-state index contributed by atoms with van der Waals surface area (Å²) >= 11 is 0. The van der Waals surface area contributed by atoms with Gasteiger partial charge in [0.05, 0.1) is 5.92 Å². The number of carbonyl (C=O) groups is 3. The van der Waals surface area contributed by atoms with Crippen LogP contribution >= 0.6 is 0 Å². The zero-order valence-corrected chi connectivity index (χ0v) is 21.4. The van der Waals surface area contributed by atoms with E-state index in [1.807, 2.05) is 31.2 Å². The van der Waals surface area contributed by atoms with Crippen LogP contribution in [-0.2, 0) is 16.0 Å². The van der Waals surface area contributed by atoms with Crippen molar-refractivity contribution in [3.05, 3.63) is 53.7 Å². The normalized spacial score (nSPS) is 21.0. The molecule has 36 heavy (non-hydrogen) atoms. The smallest absolute Gasteiger partial charge is 0.325 e. The highest BCUT2D eigenvalue weighted by molar-refractivity contribution is 6.12. The summed E-state index contributed by atoms with van der Waals surface area (Å²) in [6.45, 7) is 3.99. The van der Waals surface area contributed by atoms with Crippen LogP contribution in [0, 0.1) is 18.8 Å². The van der Waals surface area contributed by atoms with Crippen molar-refractivity contribution in [3.8, 4) is 0 Å². The highest BCUT2D eigenvalue weighted by Crippen LogP contribution is 2.34. The van der Waals surface area contributed by atoms with Gasteiger partial charge in [0.15, 0.2) is 0 Å². The number of amides is 4. The van der Waals surface area contributed by atoms with E-state index in [-0.39, 0.29) is 17.9 Å². The van der Waals surface area contributed by atoms with Gasteiger partial charge in [-0.1, -0.05) is 44.4 Å². The van der Waals surface area contributed by atoms with E-state index < -0.39 is 18.0 Å². The van der Waals surface area contributed by atoms with Crippen molar-refractivity contribution in [2.75, 3.05) is 17.7 Å². The standard InChI is InChI=1S/C28H37N5O3/c1-4-22(20-11-6-5-7-12-20)31-28(36)33-25(27(35)32(3)23-13-9-8-10-18(23)2)21(26(33)34)16-19-14-15-30-24(29)17-19/h8-10,13-15,17,20-22,25H,4-7,11-12,16H2,1-3H3,(H2,29,30)(H,31,36)/t21-,22?,25?/m1/s1. The number of pyridine rings is 1. The van der Waals surface area contributed by atoms with E-state index in [1.165, 1.54) is 19.3 Å². The number of aromatic nitrogens is 1. The van der Waals surface area contributed by atoms with E-state index in [9.17, 15) is 14.4 Å². The Balaban J connectivity index is 1.58. The maximum absolute atomic E-state index is 13.8. The lowest BCUT2D eigenvalue weighted by atomic mass is 9.81. The van der Waals surface area contributed by atoms with Crippen molar-refractivity contribution in [1.82, 2.24) is 15.2 Å². The number of β-lactam (4-membered cyclic amide) rings is 1. The van der Waals surface area contributed by atoms with Crippen LogP contribution in [0.1, 0.15) is 56.6 Å². The van der Waals surface area contributed by atoms with Crippen LogP contribution in [0.5, 0.6) is 0 Å². The van der Waals surface area contributed by atoms with Crippen molar-refractivity contribution in [1.29, 1.82) is 0 Å². The number of hydrogen-bond donors (Lipinski definition) is 2. The lowest BCUT2D eigenvalue weighted by Gasteiger charge is -2.46. The van der Waals surface area contributed by atoms with E-state index >= 15 is 0 Å². The molecule has 1 saturated heterocycles.